The van der Waals surface area contributed by atoms with Gasteiger partial charge < -0.3 is 29.9 Å². The molecule has 2 aliphatic rings. The summed E-state index contributed by atoms with van der Waals surface area (Å²) in [7, 11) is 0. The van der Waals surface area contributed by atoms with Gasteiger partial charge in [0, 0.05) is 37.8 Å². The minimum absolute atomic E-state index is 0.0231. The van der Waals surface area contributed by atoms with Crippen molar-refractivity contribution in [1.82, 2.24) is 15.1 Å². The number of hydrogen-bond donors (Lipinski definition) is 2. The Morgan fingerprint density at radius 1 is 1.03 bits per heavy atom. The molecule has 1 aromatic rings. The van der Waals surface area contributed by atoms with Crippen molar-refractivity contribution in [2.75, 3.05) is 44.7 Å². The van der Waals surface area contributed by atoms with Crippen molar-refractivity contribution in [1.29, 1.82) is 0 Å². The maximum Gasteiger partial charge on any atom is 0.387 e. The topological polar surface area (TPSA) is 100 Å². The van der Waals surface area contributed by atoms with Crippen LogP contribution in [0.3, 0.4) is 0 Å². The average Bonchev–Trinajstić information content (AvgIpc) is 2.79. The lowest BCUT2D eigenvalue weighted by atomic mass is 9.94. The highest BCUT2D eigenvalue weighted by Crippen LogP contribution is 2.21. The maximum absolute atomic E-state index is 12.7. The Morgan fingerprint density at radius 2 is 1.66 bits per heavy atom. The lowest BCUT2D eigenvalue weighted by molar-refractivity contribution is -0.144. The molecule has 3 rings (SSSR count). The molecule has 0 saturated carbocycles. The number of halogens is 2. The fourth-order valence-electron chi connectivity index (χ4n) is 3.81. The van der Waals surface area contributed by atoms with Crippen LogP contribution in [-0.2, 0) is 14.3 Å². The molecule has 0 spiro atoms. The smallest absolute Gasteiger partial charge is 0.387 e. The molecular formula is C21H28F2N4O5. The molecule has 9 nitrogen and oxygen atoms in total. The zero-order valence-corrected chi connectivity index (χ0v) is 17.9. The fourth-order valence-corrected chi connectivity index (χ4v) is 3.81. The van der Waals surface area contributed by atoms with Crippen LogP contribution in [0.2, 0.25) is 0 Å². The van der Waals surface area contributed by atoms with Gasteiger partial charge in [0.15, 0.2) is 0 Å². The van der Waals surface area contributed by atoms with Crippen molar-refractivity contribution in [2.24, 2.45) is 5.92 Å². The Hall–Kier alpha value is -2.95. The zero-order chi connectivity index (χ0) is 23.1. The molecule has 2 aliphatic heterocycles. The summed E-state index contributed by atoms with van der Waals surface area (Å²) < 4.78 is 33.9. The van der Waals surface area contributed by atoms with Gasteiger partial charge in [-0.15, -0.1) is 0 Å². The number of nitrogens with one attached hydrogen (secondary N) is 2. The number of nitrogens with zero attached hydrogens (tertiary/aromatic N) is 2. The van der Waals surface area contributed by atoms with Crippen molar-refractivity contribution in [3.8, 4) is 5.75 Å². The number of urea groups is 1. The van der Waals surface area contributed by atoms with Crippen LogP contribution in [0.25, 0.3) is 0 Å². The average molecular weight is 454 g/mol. The summed E-state index contributed by atoms with van der Waals surface area (Å²) in [4.78, 5) is 41.0. The number of benzene rings is 1. The van der Waals surface area contributed by atoms with Gasteiger partial charge in [0.05, 0.1) is 13.2 Å². The first-order valence-electron chi connectivity index (χ1n) is 10.6. The Balaban J connectivity index is 1.42. The molecule has 2 saturated heterocycles. The van der Waals surface area contributed by atoms with E-state index < -0.39 is 18.7 Å². The second kappa shape index (κ2) is 11.1. The Bertz CT molecular complexity index is 794. The first-order valence-corrected chi connectivity index (χ1v) is 10.6. The van der Waals surface area contributed by atoms with Crippen LogP contribution in [-0.4, -0.2) is 79.7 Å². The molecule has 2 heterocycles. The van der Waals surface area contributed by atoms with Crippen LogP contribution in [0.15, 0.2) is 24.3 Å². The molecule has 11 heteroatoms. The van der Waals surface area contributed by atoms with Crippen LogP contribution in [0.4, 0.5) is 19.3 Å². The maximum atomic E-state index is 12.7. The highest BCUT2D eigenvalue weighted by molar-refractivity contribution is 5.93. The number of hydrogen-bond acceptors (Lipinski definition) is 5. The summed E-state index contributed by atoms with van der Waals surface area (Å²) in [5.74, 6) is -0.222. The number of ether oxygens (including phenoxy) is 2. The number of amides is 4. The minimum Gasteiger partial charge on any atom is -0.435 e. The number of likely N-dealkylation sites (tertiary alicyclic amines) is 1. The highest BCUT2D eigenvalue weighted by atomic mass is 19.3. The van der Waals surface area contributed by atoms with Gasteiger partial charge >= 0.3 is 12.6 Å². The second-order valence-corrected chi connectivity index (χ2v) is 7.76. The molecule has 0 unspecified atom stereocenters. The quantitative estimate of drug-likeness (QED) is 0.684. The Labute approximate surface area is 185 Å². The van der Waals surface area contributed by atoms with Crippen molar-refractivity contribution in [2.45, 2.75) is 32.4 Å². The van der Waals surface area contributed by atoms with Crippen molar-refractivity contribution < 1.29 is 32.6 Å². The molecule has 1 aromatic carbocycles. The first kappa shape index (κ1) is 23.7. The van der Waals surface area contributed by atoms with Crippen molar-refractivity contribution in [3.63, 3.8) is 0 Å². The van der Waals surface area contributed by atoms with Gasteiger partial charge in [-0.1, -0.05) is 0 Å². The van der Waals surface area contributed by atoms with E-state index in [-0.39, 0.29) is 23.5 Å². The summed E-state index contributed by atoms with van der Waals surface area (Å²) in [5, 5.41) is 5.12. The Morgan fingerprint density at radius 3 is 2.25 bits per heavy atom. The van der Waals surface area contributed by atoms with Gasteiger partial charge in [-0.25, -0.2) is 4.79 Å². The molecule has 176 valence electrons. The van der Waals surface area contributed by atoms with E-state index in [9.17, 15) is 23.2 Å². The predicted octanol–water partition coefficient (Wildman–Crippen LogP) is 1.90. The van der Waals surface area contributed by atoms with E-state index in [4.69, 9.17) is 4.74 Å². The Kier molecular flexibility index (Phi) is 8.20. The fraction of sp³-hybridized carbons (Fsp3) is 0.571. The van der Waals surface area contributed by atoms with E-state index >= 15 is 0 Å². The number of morpholine rings is 1. The SMILES string of the molecule is C[C@@H](NC(=O)Nc1ccc(OC(F)F)cc1)C(=O)N1CCC(C(=O)N2CCOCC2)CC1. The van der Waals surface area contributed by atoms with E-state index in [1.54, 1.807) is 11.8 Å². The third-order valence-electron chi connectivity index (χ3n) is 5.53. The third-order valence-corrected chi connectivity index (χ3v) is 5.53. The summed E-state index contributed by atoms with van der Waals surface area (Å²) >= 11 is 0. The standard InChI is InChI=1S/C21H28F2N4O5/c1-14(24-21(30)25-16-2-4-17(5-3-16)32-20(22)23)18(28)26-8-6-15(7-9-26)19(29)27-10-12-31-13-11-27/h2-5,14-15,20H,6-13H2,1H3,(H2,24,25,30)/t14-/m1/s1. The number of alkyl halides is 2. The molecule has 1 atom stereocenters. The molecule has 0 aliphatic carbocycles. The van der Waals surface area contributed by atoms with Crippen molar-refractivity contribution in [3.05, 3.63) is 24.3 Å². The number of anilines is 1. The largest absolute Gasteiger partial charge is 0.435 e. The predicted molar refractivity (Wildman–Crippen MR) is 111 cm³/mol. The van der Waals surface area contributed by atoms with Gasteiger partial charge in [-0.3, -0.25) is 9.59 Å². The summed E-state index contributed by atoms with van der Waals surface area (Å²) in [5.41, 5.74) is 0.367. The van der Waals surface area contributed by atoms with E-state index in [2.05, 4.69) is 15.4 Å². The van der Waals surface area contributed by atoms with Crippen LogP contribution < -0.4 is 15.4 Å². The molecule has 2 N–H and O–H groups in total. The third kappa shape index (κ3) is 6.52. The summed E-state index contributed by atoms with van der Waals surface area (Å²) in [6.07, 6.45) is 1.18. The van der Waals surface area contributed by atoms with Crippen LogP contribution >= 0.6 is 0 Å². The number of carbonyl (C=O) groups excluding carboxylic acids is 3. The van der Waals surface area contributed by atoms with Gasteiger partial charge in [0.25, 0.3) is 0 Å². The molecule has 0 radical (unpaired) electrons. The van der Waals surface area contributed by atoms with Crippen LogP contribution in [0, 0.1) is 5.92 Å². The van der Waals surface area contributed by atoms with E-state index in [1.165, 1.54) is 24.3 Å². The lowest BCUT2D eigenvalue weighted by Crippen LogP contribution is -2.52. The highest BCUT2D eigenvalue weighted by Gasteiger charge is 2.32. The minimum atomic E-state index is -2.92. The number of piperidine rings is 1. The number of rotatable bonds is 6. The molecular weight excluding hydrogens is 426 g/mol. The monoisotopic (exact) mass is 454 g/mol. The van der Waals surface area contributed by atoms with Gasteiger partial charge in [0.1, 0.15) is 11.8 Å². The number of carbonyl (C=O) groups is 3. The normalized spacial score (nSPS) is 18.2. The molecule has 0 aromatic heterocycles. The lowest BCUT2D eigenvalue weighted by Gasteiger charge is -2.36. The van der Waals surface area contributed by atoms with Crippen molar-refractivity contribution >= 4 is 23.5 Å². The first-order chi connectivity index (χ1) is 15.3. The molecule has 2 fully saturated rings. The van der Waals surface area contributed by atoms with E-state index in [0.717, 1.165) is 0 Å². The molecule has 4 amide bonds. The molecule has 32 heavy (non-hydrogen) atoms. The van der Waals surface area contributed by atoms with Gasteiger partial charge in [-0.2, -0.15) is 8.78 Å². The zero-order valence-electron chi connectivity index (χ0n) is 17.9. The summed E-state index contributed by atoms with van der Waals surface area (Å²) in [6.45, 7) is 1.91. The van der Waals surface area contributed by atoms with Gasteiger partial charge in [0.2, 0.25) is 11.8 Å². The second-order valence-electron chi connectivity index (χ2n) is 7.76. The summed E-state index contributed by atoms with van der Waals surface area (Å²) in [6, 6.07) is 4.09. The van der Waals surface area contributed by atoms with E-state index in [1.807, 2.05) is 4.90 Å². The van der Waals surface area contributed by atoms with Crippen LogP contribution in [0.5, 0.6) is 5.75 Å². The van der Waals surface area contributed by atoms with Gasteiger partial charge in [-0.05, 0) is 44.0 Å². The van der Waals surface area contributed by atoms with Crippen LogP contribution in [0.1, 0.15) is 19.8 Å². The van der Waals surface area contributed by atoms with E-state index in [0.29, 0.717) is 57.9 Å². The molecule has 0 bridgehead atoms.